The predicted molar refractivity (Wildman–Crippen MR) is 113 cm³/mol. The lowest BCUT2D eigenvalue weighted by Gasteiger charge is -2.23. The molecule has 0 saturated carbocycles. The van der Waals surface area contributed by atoms with Gasteiger partial charge in [0.25, 0.3) is 0 Å². The molecule has 0 spiro atoms. The smallest absolute Gasteiger partial charge is 0.126 e. The number of rotatable bonds is 3. The highest BCUT2D eigenvalue weighted by Gasteiger charge is 2.21. The molecule has 0 fully saturated rings. The van der Waals surface area contributed by atoms with Gasteiger partial charge in [0.15, 0.2) is 0 Å². The minimum Gasteiger partial charge on any atom is -0.507 e. The number of aromatic hydroxyl groups is 2. The molecule has 4 rings (SSSR count). The minimum absolute atomic E-state index is 0.179. The number of hydrogen-bond donors (Lipinski definition) is 2. The fourth-order valence-corrected chi connectivity index (χ4v) is 4.25. The van der Waals surface area contributed by atoms with E-state index in [1.807, 2.05) is 50.2 Å². The molecular formula is C25H24O2. The second-order valence-electron chi connectivity index (χ2n) is 7.31. The zero-order valence-corrected chi connectivity index (χ0v) is 16.0. The molecule has 0 heterocycles. The van der Waals surface area contributed by atoms with Crippen LogP contribution in [0.1, 0.15) is 41.5 Å². The summed E-state index contributed by atoms with van der Waals surface area (Å²) in [6.45, 7) is 6.11. The SMILES string of the molecule is CCC(c1cc(C)c(O)c2ccccc12)c1cc(C)c(O)c2ccccc12. The zero-order chi connectivity index (χ0) is 19.1. The van der Waals surface area contributed by atoms with Crippen LogP contribution in [0.2, 0.25) is 0 Å². The lowest BCUT2D eigenvalue weighted by molar-refractivity contribution is 0.477. The van der Waals surface area contributed by atoms with E-state index in [1.54, 1.807) is 0 Å². The van der Waals surface area contributed by atoms with Gasteiger partial charge in [-0.15, -0.1) is 0 Å². The topological polar surface area (TPSA) is 40.5 Å². The quantitative estimate of drug-likeness (QED) is 0.436. The molecule has 2 N–H and O–H groups in total. The number of aryl methyl sites for hydroxylation is 2. The molecule has 0 aliphatic rings. The third kappa shape index (κ3) is 2.73. The van der Waals surface area contributed by atoms with Crippen molar-refractivity contribution in [1.29, 1.82) is 0 Å². The number of phenols is 2. The van der Waals surface area contributed by atoms with E-state index < -0.39 is 0 Å². The summed E-state index contributed by atoms with van der Waals surface area (Å²) in [5, 5.41) is 25.0. The fourth-order valence-electron chi connectivity index (χ4n) is 4.25. The second kappa shape index (κ2) is 6.62. The van der Waals surface area contributed by atoms with Crippen molar-refractivity contribution >= 4 is 21.5 Å². The third-order valence-electron chi connectivity index (χ3n) is 5.64. The Morgan fingerprint density at radius 1 is 0.667 bits per heavy atom. The Bertz CT molecular complexity index is 1070. The number of benzene rings is 4. The number of phenolic OH excluding ortho intramolecular Hbond substituents is 2. The molecule has 0 amide bonds. The Balaban J connectivity index is 2.06. The van der Waals surface area contributed by atoms with Crippen LogP contribution in [-0.4, -0.2) is 10.2 Å². The summed E-state index contributed by atoms with van der Waals surface area (Å²) in [4.78, 5) is 0. The first-order valence-electron chi connectivity index (χ1n) is 9.45. The molecule has 0 radical (unpaired) electrons. The van der Waals surface area contributed by atoms with Crippen LogP contribution >= 0.6 is 0 Å². The van der Waals surface area contributed by atoms with Gasteiger partial charge in [-0.05, 0) is 53.3 Å². The molecule has 0 aliphatic carbocycles. The van der Waals surface area contributed by atoms with Crippen LogP contribution in [0, 0.1) is 13.8 Å². The van der Waals surface area contributed by atoms with Crippen LogP contribution in [0.5, 0.6) is 11.5 Å². The van der Waals surface area contributed by atoms with Gasteiger partial charge in [-0.2, -0.15) is 0 Å². The van der Waals surface area contributed by atoms with E-state index in [1.165, 1.54) is 11.1 Å². The van der Waals surface area contributed by atoms with E-state index >= 15 is 0 Å². The van der Waals surface area contributed by atoms with Crippen molar-refractivity contribution in [3.8, 4) is 11.5 Å². The lowest BCUT2D eigenvalue weighted by atomic mass is 9.82. The predicted octanol–water partition coefficient (Wildman–Crippen LogP) is 6.56. The van der Waals surface area contributed by atoms with Crippen molar-refractivity contribution in [2.24, 2.45) is 0 Å². The van der Waals surface area contributed by atoms with Crippen LogP contribution in [0.4, 0.5) is 0 Å². The molecule has 136 valence electrons. The summed E-state index contributed by atoms with van der Waals surface area (Å²) in [6, 6.07) is 20.3. The van der Waals surface area contributed by atoms with Crippen LogP contribution in [-0.2, 0) is 0 Å². The van der Waals surface area contributed by atoms with Crippen LogP contribution < -0.4 is 0 Å². The van der Waals surface area contributed by atoms with Crippen molar-refractivity contribution in [2.45, 2.75) is 33.1 Å². The molecule has 0 unspecified atom stereocenters. The maximum absolute atomic E-state index is 10.5. The van der Waals surface area contributed by atoms with Crippen molar-refractivity contribution < 1.29 is 10.2 Å². The molecule has 0 saturated heterocycles. The Morgan fingerprint density at radius 2 is 1.04 bits per heavy atom. The van der Waals surface area contributed by atoms with E-state index in [9.17, 15) is 10.2 Å². The Labute approximate surface area is 159 Å². The summed E-state index contributed by atoms with van der Waals surface area (Å²) in [7, 11) is 0. The molecule has 0 atom stereocenters. The number of fused-ring (bicyclic) bond motifs is 2. The highest BCUT2D eigenvalue weighted by molar-refractivity contribution is 5.95. The van der Waals surface area contributed by atoms with Gasteiger partial charge < -0.3 is 10.2 Å². The van der Waals surface area contributed by atoms with Crippen molar-refractivity contribution in [3.05, 3.63) is 82.9 Å². The average molecular weight is 356 g/mol. The van der Waals surface area contributed by atoms with Crippen molar-refractivity contribution in [2.75, 3.05) is 0 Å². The van der Waals surface area contributed by atoms with E-state index in [2.05, 4.69) is 31.2 Å². The van der Waals surface area contributed by atoms with Crippen LogP contribution in [0.25, 0.3) is 21.5 Å². The molecule has 0 aliphatic heterocycles. The molecule has 4 aromatic carbocycles. The van der Waals surface area contributed by atoms with Gasteiger partial charge in [-0.1, -0.05) is 67.6 Å². The van der Waals surface area contributed by atoms with E-state index in [-0.39, 0.29) is 5.92 Å². The van der Waals surface area contributed by atoms with Crippen molar-refractivity contribution in [3.63, 3.8) is 0 Å². The molecule has 0 bridgehead atoms. The number of hydrogen-bond acceptors (Lipinski definition) is 2. The second-order valence-corrected chi connectivity index (χ2v) is 7.31. The highest BCUT2D eigenvalue weighted by Crippen LogP contribution is 2.42. The molecule has 2 heteroatoms. The van der Waals surface area contributed by atoms with Gasteiger partial charge in [0.05, 0.1) is 0 Å². The van der Waals surface area contributed by atoms with Crippen molar-refractivity contribution in [1.82, 2.24) is 0 Å². The standard InChI is InChI=1S/C25H24O2/c1-4-17(22-13-15(2)24(26)20-11-7-5-9-18(20)22)23-14-16(3)25(27)21-12-8-6-10-19(21)23/h5-14,17,26-27H,4H2,1-3H3. The van der Waals surface area contributed by atoms with Gasteiger partial charge in [-0.3, -0.25) is 0 Å². The first-order valence-corrected chi connectivity index (χ1v) is 9.45. The van der Waals surface area contributed by atoms with Gasteiger partial charge in [-0.25, -0.2) is 0 Å². The maximum Gasteiger partial charge on any atom is 0.126 e. The van der Waals surface area contributed by atoms with Crippen LogP contribution in [0.15, 0.2) is 60.7 Å². The summed E-state index contributed by atoms with van der Waals surface area (Å²) >= 11 is 0. The Morgan fingerprint density at radius 3 is 1.41 bits per heavy atom. The fraction of sp³-hybridized carbons (Fsp3) is 0.200. The first-order chi connectivity index (χ1) is 13.0. The lowest BCUT2D eigenvalue weighted by Crippen LogP contribution is -2.03. The minimum atomic E-state index is 0.179. The molecule has 27 heavy (non-hydrogen) atoms. The summed E-state index contributed by atoms with van der Waals surface area (Å²) in [5.41, 5.74) is 4.22. The normalized spacial score (nSPS) is 11.6. The van der Waals surface area contributed by atoms with Gasteiger partial charge >= 0.3 is 0 Å². The molecule has 2 nitrogen and oxygen atoms in total. The highest BCUT2D eigenvalue weighted by atomic mass is 16.3. The monoisotopic (exact) mass is 356 g/mol. The Kier molecular flexibility index (Phi) is 4.27. The van der Waals surface area contributed by atoms with E-state index in [0.717, 1.165) is 39.1 Å². The first kappa shape index (κ1) is 17.4. The van der Waals surface area contributed by atoms with Gasteiger partial charge in [0.1, 0.15) is 11.5 Å². The van der Waals surface area contributed by atoms with Gasteiger partial charge in [0.2, 0.25) is 0 Å². The molecular weight excluding hydrogens is 332 g/mol. The average Bonchev–Trinajstić information content (AvgIpc) is 2.70. The summed E-state index contributed by atoms with van der Waals surface area (Å²) in [5.74, 6) is 0.894. The zero-order valence-electron chi connectivity index (χ0n) is 16.0. The van der Waals surface area contributed by atoms with E-state index in [4.69, 9.17) is 0 Å². The summed E-state index contributed by atoms with van der Waals surface area (Å²) < 4.78 is 0. The van der Waals surface area contributed by atoms with Gasteiger partial charge in [0, 0.05) is 16.7 Å². The largest absolute Gasteiger partial charge is 0.507 e. The third-order valence-corrected chi connectivity index (χ3v) is 5.64. The summed E-state index contributed by atoms with van der Waals surface area (Å²) in [6.07, 6.45) is 0.933. The van der Waals surface area contributed by atoms with E-state index in [0.29, 0.717) is 11.5 Å². The Hall–Kier alpha value is -3.00. The molecule has 0 aromatic heterocycles. The molecule has 4 aromatic rings. The maximum atomic E-state index is 10.5. The van der Waals surface area contributed by atoms with Crippen LogP contribution in [0.3, 0.4) is 0 Å².